The van der Waals surface area contributed by atoms with E-state index in [2.05, 4.69) is 19.8 Å². The van der Waals surface area contributed by atoms with Gasteiger partial charge in [0.2, 0.25) is 0 Å². The molecular weight excluding hydrogens is 384 g/mol. The molecule has 0 radical (unpaired) electrons. The lowest BCUT2D eigenvalue weighted by molar-refractivity contribution is -0.156. The van der Waals surface area contributed by atoms with Gasteiger partial charge in [0.15, 0.2) is 14.1 Å². The van der Waals surface area contributed by atoms with Crippen LogP contribution in [-0.2, 0) is 20.8 Å². The van der Waals surface area contributed by atoms with Gasteiger partial charge >= 0.3 is 0 Å². The van der Waals surface area contributed by atoms with Crippen LogP contribution in [0.1, 0.15) is 46.1 Å². The van der Waals surface area contributed by atoms with E-state index < -0.39 is 20.2 Å². The lowest BCUT2D eigenvalue weighted by Crippen LogP contribution is -2.41. The molecule has 0 saturated carbocycles. The van der Waals surface area contributed by atoms with Crippen molar-refractivity contribution < 1.29 is 23.7 Å². The van der Waals surface area contributed by atoms with Crippen LogP contribution < -0.4 is 4.74 Å². The van der Waals surface area contributed by atoms with Crippen LogP contribution in [0.2, 0.25) is 18.1 Å². The van der Waals surface area contributed by atoms with Crippen LogP contribution >= 0.6 is 0 Å². The second-order valence-electron chi connectivity index (χ2n) is 9.37. The molecule has 3 atom stereocenters. The van der Waals surface area contributed by atoms with Crippen molar-refractivity contribution in [3.05, 3.63) is 29.8 Å². The Labute approximate surface area is 176 Å². The van der Waals surface area contributed by atoms with Crippen molar-refractivity contribution in [1.29, 1.82) is 0 Å². The first-order valence-corrected chi connectivity index (χ1v) is 13.1. The van der Waals surface area contributed by atoms with E-state index in [0.717, 1.165) is 24.2 Å². The van der Waals surface area contributed by atoms with E-state index in [1.165, 1.54) is 0 Å². The van der Waals surface area contributed by atoms with Gasteiger partial charge in [-0.15, -0.1) is 6.42 Å². The van der Waals surface area contributed by atoms with Gasteiger partial charge < -0.3 is 23.7 Å². The number of benzene rings is 1. The maximum absolute atomic E-state index is 10.6. The number of rotatable bonds is 9. The standard InChI is InChI=1S/C23H36O5Si/c1-9-19(26-16-17-10-12-18(25-6)13-11-17)21-20(27-23(4,5)28-21)14-15-22(2,3)29(7,8)24/h1,10-13,19-21,24H,14-16H2,2-8H3/t19-,20?,21?/m0/s1. The van der Waals surface area contributed by atoms with Crippen molar-refractivity contribution in [2.75, 3.05) is 7.11 Å². The number of ether oxygens (including phenoxy) is 4. The molecule has 1 aromatic carbocycles. The molecule has 0 aliphatic carbocycles. The van der Waals surface area contributed by atoms with Gasteiger partial charge in [0.1, 0.15) is 18.0 Å². The van der Waals surface area contributed by atoms with Gasteiger partial charge in [0.25, 0.3) is 0 Å². The summed E-state index contributed by atoms with van der Waals surface area (Å²) >= 11 is 0. The molecule has 0 spiro atoms. The molecule has 1 fully saturated rings. The Balaban J connectivity index is 2.05. The molecule has 162 valence electrons. The third kappa shape index (κ3) is 6.31. The minimum atomic E-state index is -2.30. The largest absolute Gasteiger partial charge is 0.497 e. The molecule has 29 heavy (non-hydrogen) atoms. The highest BCUT2D eigenvalue weighted by Crippen LogP contribution is 2.43. The zero-order valence-electron chi connectivity index (χ0n) is 18.8. The van der Waals surface area contributed by atoms with E-state index in [4.69, 9.17) is 25.4 Å². The summed E-state index contributed by atoms with van der Waals surface area (Å²) in [5, 5.41) is -0.136. The fourth-order valence-electron chi connectivity index (χ4n) is 3.30. The van der Waals surface area contributed by atoms with Gasteiger partial charge in [-0.25, -0.2) is 0 Å². The van der Waals surface area contributed by atoms with Crippen molar-refractivity contribution in [2.45, 2.75) is 89.4 Å². The molecule has 1 saturated heterocycles. The number of hydrogen-bond donors (Lipinski definition) is 1. The molecule has 2 unspecified atom stereocenters. The molecule has 1 N–H and O–H groups in total. The van der Waals surface area contributed by atoms with Crippen LogP contribution in [0.4, 0.5) is 0 Å². The van der Waals surface area contributed by atoms with Crippen molar-refractivity contribution in [2.24, 2.45) is 0 Å². The molecule has 6 heteroatoms. The highest BCUT2D eigenvalue weighted by molar-refractivity contribution is 6.72. The highest BCUT2D eigenvalue weighted by Gasteiger charge is 2.47. The summed E-state index contributed by atoms with van der Waals surface area (Å²) in [7, 11) is -0.656. The number of terminal acetylenes is 1. The third-order valence-corrected chi connectivity index (χ3v) is 9.55. The van der Waals surface area contributed by atoms with Gasteiger partial charge in [-0.3, -0.25) is 0 Å². The predicted molar refractivity (Wildman–Crippen MR) is 117 cm³/mol. The summed E-state index contributed by atoms with van der Waals surface area (Å²) in [4.78, 5) is 10.6. The summed E-state index contributed by atoms with van der Waals surface area (Å²) in [6.45, 7) is 12.4. The zero-order chi connectivity index (χ0) is 21.9. The monoisotopic (exact) mass is 420 g/mol. The Morgan fingerprint density at radius 3 is 2.38 bits per heavy atom. The molecule has 1 aliphatic heterocycles. The van der Waals surface area contributed by atoms with E-state index in [1.54, 1.807) is 7.11 Å². The van der Waals surface area contributed by atoms with E-state index in [9.17, 15) is 4.80 Å². The average molecular weight is 421 g/mol. The zero-order valence-corrected chi connectivity index (χ0v) is 19.8. The highest BCUT2D eigenvalue weighted by atomic mass is 28.4. The van der Waals surface area contributed by atoms with Crippen molar-refractivity contribution in [1.82, 2.24) is 0 Å². The maximum Gasteiger partial charge on any atom is 0.188 e. The van der Waals surface area contributed by atoms with Crippen LogP contribution in [0.15, 0.2) is 24.3 Å². The quantitative estimate of drug-likeness (QED) is 0.471. The first kappa shape index (κ1) is 23.9. The predicted octanol–water partition coefficient (Wildman–Crippen LogP) is 4.49. The van der Waals surface area contributed by atoms with Crippen molar-refractivity contribution in [3.63, 3.8) is 0 Å². The fraction of sp³-hybridized carbons (Fsp3) is 0.652. The molecular formula is C23H36O5Si. The van der Waals surface area contributed by atoms with Crippen molar-refractivity contribution >= 4 is 8.32 Å². The van der Waals surface area contributed by atoms with Gasteiger partial charge in [0, 0.05) is 0 Å². The Kier molecular flexibility index (Phi) is 7.58. The van der Waals surface area contributed by atoms with Crippen LogP contribution in [0.3, 0.4) is 0 Å². The van der Waals surface area contributed by atoms with Gasteiger partial charge in [-0.05, 0) is 62.5 Å². The molecule has 1 aliphatic rings. The molecule has 1 heterocycles. The van der Waals surface area contributed by atoms with Gasteiger partial charge in [-0.2, -0.15) is 0 Å². The first-order valence-electron chi connectivity index (χ1n) is 10.2. The lowest BCUT2D eigenvalue weighted by atomic mass is 9.98. The van der Waals surface area contributed by atoms with E-state index >= 15 is 0 Å². The first-order chi connectivity index (χ1) is 13.4. The Hall–Kier alpha value is -1.36. The minimum Gasteiger partial charge on any atom is -0.497 e. The summed E-state index contributed by atoms with van der Waals surface area (Å²) in [5.41, 5.74) is 1.01. The van der Waals surface area contributed by atoms with Gasteiger partial charge in [0.05, 0.1) is 19.8 Å². The van der Waals surface area contributed by atoms with Crippen LogP contribution in [0, 0.1) is 12.3 Å². The second-order valence-corrected chi connectivity index (χ2v) is 13.8. The molecule has 5 nitrogen and oxygen atoms in total. The molecule has 2 rings (SSSR count). The topological polar surface area (TPSA) is 57.2 Å². The molecule has 1 aromatic rings. The molecule has 0 amide bonds. The third-order valence-electron chi connectivity index (χ3n) is 5.98. The Morgan fingerprint density at radius 1 is 1.24 bits per heavy atom. The lowest BCUT2D eigenvalue weighted by Gasteiger charge is -2.36. The van der Waals surface area contributed by atoms with E-state index in [-0.39, 0.29) is 17.2 Å². The molecule has 0 bridgehead atoms. The SMILES string of the molecule is C#C[C@H](OCc1ccc(OC)cc1)C1OC(C)(C)OC1CCC(C)(C)[Si](C)(C)O. The average Bonchev–Trinajstić information content (AvgIpc) is 2.95. The molecule has 0 aromatic heterocycles. The van der Waals surface area contributed by atoms with Crippen LogP contribution in [-0.4, -0.2) is 44.3 Å². The van der Waals surface area contributed by atoms with Crippen LogP contribution in [0.5, 0.6) is 5.75 Å². The summed E-state index contributed by atoms with van der Waals surface area (Å²) in [5.74, 6) is 2.82. The normalized spacial score (nSPS) is 22.9. The number of hydrogen-bond acceptors (Lipinski definition) is 5. The minimum absolute atomic E-state index is 0.136. The smallest absolute Gasteiger partial charge is 0.188 e. The van der Waals surface area contributed by atoms with E-state index in [0.29, 0.717) is 6.61 Å². The second kappa shape index (κ2) is 9.19. The van der Waals surface area contributed by atoms with E-state index in [1.807, 2.05) is 51.2 Å². The van der Waals surface area contributed by atoms with Crippen LogP contribution in [0.25, 0.3) is 0 Å². The number of methoxy groups -OCH3 is 1. The fourth-order valence-corrected chi connectivity index (χ4v) is 4.05. The Bertz CT molecular complexity index is 699. The Morgan fingerprint density at radius 2 is 1.86 bits per heavy atom. The summed E-state index contributed by atoms with van der Waals surface area (Å²) in [6, 6.07) is 7.70. The van der Waals surface area contributed by atoms with Gasteiger partial charge in [-0.1, -0.05) is 31.9 Å². The maximum atomic E-state index is 10.6. The van der Waals surface area contributed by atoms with Crippen molar-refractivity contribution in [3.8, 4) is 18.1 Å². The summed E-state index contributed by atoms with van der Waals surface area (Å²) in [6.07, 6.45) is 6.33. The summed E-state index contributed by atoms with van der Waals surface area (Å²) < 4.78 is 23.5.